The van der Waals surface area contributed by atoms with Crippen LogP contribution in [0.3, 0.4) is 0 Å². The molecule has 3 aromatic rings. The van der Waals surface area contributed by atoms with E-state index in [1.807, 2.05) is 17.5 Å². The molecule has 0 spiro atoms. The highest BCUT2D eigenvalue weighted by Gasteiger charge is 2.23. The first-order chi connectivity index (χ1) is 14.3. The number of oxazole rings is 1. The molecular weight excluding hydrogens is 406 g/mol. The van der Waals surface area contributed by atoms with Gasteiger partial charge in [-0.2, -0.15) is 0 Å². The second-order valence-corrected chi connectivity index (χ2v) is 8.53. The Balaban J connectivity index is 1.33. The second kappa shape index (κ2) is 10.0. The third-order valence-corrected chi connectivity index (χ3v) is 6.60. The number of guanidine groups is 1. The number of morpholine rings is 1. The van der Waals surface area contributed by atoms with Gasteiger partial charge in [-0.3, -0.25) is 9.89 Å². The van der Waals surface area contributed by atoms with Crippen molar-refractivity contribution in [3.8, 4) is 10.8 Å². The van der Waals surface area contributed by atoms with E-state index in [0.717, 1.165) is 49.4 Å². The van der Waals surface area contributed by atoms with Gasteiger partial charge in [0.15, 0.2) is 5.96 Å². The minimum atomic E-state index is 0.301. The number of ether oxygens (including phenoxy) is 1. The Morgan fingerprint density at radius 2 is 2.03 bits per heavy atom. The van der Waals surface area contributed by atoms with Crippen LogP contribution in [0.2, 0.25) is 0 Å². The molecule has 9 heteroatoms. The zero-order chi connectivity index (χ0) is 19.9. The first-order valence-corrected chi connectivity index (χ1v) is 11.4. The average molecular weight is 432 g/mol. The second-order valence-electron chi connectivity index (χ2n) is 6.61. The lowest BCUT2D eigenvalue weighted by Crippen LogP contribution is -2.46. The SMILES string of the molecule is CN=C(NCc1coc(-c2cccs2)n1)NCC(c1cccs1)N1CCOCC1. The van der Waals surface area contributed by atoms with Crippen LogP contribution in [0.15, 0.2) is 50.7 Å². The van der Waals surface area contributed by atoms with Crippen molar-refractivity contribution in [2.75, 3.05) is 39.9 Å². The molecule has 1 aliphatic rings. The molecule has 0 aliphatic carbocycles. The Labute approximate surface area is 178 Å². The lowest BCUT2D eigenvalue weighted by molar-refractivity contribution is 0.0177. The molecule has 0 radical (unpaired) electrons. The number of hydrogen-bond donors (Lipinski definition) is 2. The molecule has 0 amide bonds. The quantitative estimate of drug-likeness (QED) is 0.442. The smallest absolute Gasteiger partial charge is 0.236 e. The van der Waals surface area contributed by atoms with Gasteiger partial charge in [-0.15, -0.1) is 22.7 Å². The molecule has 29 heavy (non-hydrogen) atoms. The van der Waals surface area contributed by atoms with Crippen LogP contribution in [0.5, 0.6) is 0 Å². The fraction of sp³-hybridized carbons (Fsp3) is 0.400. The Hall–Kier alpha value is -2.20. The molecule has 0 bridgehead atoms. The van der Waals surface area contributed by atoms with Gasteiger partial charge < -0.3 is 19.8 Å². The summed E-state index contributed by atoms with van der Waals surface area (Å²) in [5, 5.41) is 10.9. The van der Waals surface area contributed by atoms with Crippen molar-refractivity contribution in [2.45, 2.75) is 12.6 Å². The topological polar surface area (TPSA) is 74.9 Å². The van der Waals surface area contributed by atoms with E-state index in [2.05, 4.69) is 43.0 Å². The Morgan fingerprint density at radius 1 is 1.21 bits per heavy atom. The standard InChI is InChI=1S/C20H25N5O2S2/c1-21-20(22-12-15-14-27-19(24-15)18-5-3-11-29-18)23-13-16(17-4-2-10-28-17)25-6-8-26-9-7-25/h2-5,10-11,14,16H,6-9,12-13H2,1H3,(H2,21,22,23). The normalized spacial score (nSPS) is 16.7. The summed E-state index contributed by atoms with van der Waals surface area (Å²) >= 11 is 3.41. The van der Waals surface area contributed by atoms with E-state index in [-0.39, 0.29) is 0 Å². The fourth-order valence-corrected chi connectivity index (χ4v) is 4.79. The number of aliphatic imine (C=N–C) groups is 1. The maximum absolute atomic E-state index is 5.58. The van der Waals surface area contributed by atoms with Crippen molar-refractivity contribution >= 4 is 28.6 Å². The molecule has 1 fully saturated rings. The summed E-state index contributed by atoms with van der Waals surface area (Å²) in [6, 6.07) is 8.60. The first kappa shape index (κ1) is 20.1. The van der Waals surface area contributed by atoms with Crippen LogP contribution in [-0.2, 0) is 11.3 Å². The molecule has 2 N–H and O–H groups in total. The lowest BCUT2D eigenvalue weighted by atomic mass is 10.2. The van der Waals surface area contributed by atoms with Crippen molar-refractivity contribution in [3.63, 3.8) is 0 Å². The van der Waals surface area contributed by atoms with E-state index >= 15 is 0 Å². The van der Waals surface area contributed by atoms with Gasteiger partial charge in [-0.25, -0.2) is 4.98 Å². The predicted octanol–water partition coefficient (Wildman–Crippen LogP) is 3.20. The van der Waals surface area contributed by atoms with Crippen LogP contribution in [0.4, 0.5) is 0 Å². The molecule has 1 aliphatic heterocycles. The van der Waals surface area contributed by atoms with E-state index < -0.39 is 0 Å². The van der Waals surface area contributed by atoms with Gasteiger partial charge in [0, 0.05) is 31.6 Å². The molecule has 1 atom stereocenters. The van der Waals surface area contributed by atoms with E-state index in [4.69, 9.17) is 9.15 Å². The highest BCUT2D eigenvalue weighted by Crippen LogP contribution is 2.25. The van der Waals surface area contributed by atoms with Crippen LogP contribution in [0.1, 0.15) is 16.6 Å². The van der Waals surface area contributed by atoms with Crippen LogP contribution in [0.25, 0.3) is 10.8 Å². The van der Waals surface area contributed by atoms with Crippen LogP contribution in [-0.4, -0.2) is 55.7 Å². The number of hydrogen-bond acceptors (Lipinski definition) is 7. The number of nitrogens with one attached hydrogen (secondary N) is 2. The summed E-state index contributed by atoms with van der Waals surface area (Å²) in [5.41, 5.74) is 0.847. The molecule has 0 aromatic carbocycles. The highest BCUT2D eigenvalue weighted by molar-refractivity contribution is 7.13. The summed E-state index contributed by atoms with van der Waals surface area (Å²) in [6.07, 6.45) is 1.69. The zero-order valence-corrected chi connectivity index (χ0v) is 18.0. The molecule has 1 unspecified atom stereocenters. The summed E-state index contributed by atoms with van der Waals surface area (Å²) in [4.78, 5) is 13.8. The van der Waals surface area contributed by atoms with Crippen LogP contribution in [0, 0.1) is 0 Å². The Bertz CT molecular complexity index is 886. The van der Waals surface area contributed by atoms with Gasteiger partial charge in [0.25, 0.3) is 0 Å². The zero-order valence-electron chi connectivity index (χ0n) is 16.3. The summed E-state index contributed by atoms with van der Waals surface area (Å²) < 4.78 is 11.1. The molecule has 4 heterocycles. The third-order valence-electron chi connectivity index (χ3n) is 4.77. The van der Waals surface area contributed by atoms with E-state index in [9.17, 15) is 0 Å². The van der Waals surface area contributed by atoms with Gasteiger partial charge in [0.2, 0.25) is 5.89 Å². The summed E-state index contributed by atoms with van der Waals surface area (Å²) in [5.74, 6) is 1.41. The fourth-order valence-electron chi connectivity index (χ4n) is 3.27. The molecule has 7 nitrogen and oxygen atoms in total. The van der Waals surface area contributed by atoms with Gasteiger partial charge in [-0.05, 0) is 22.9 Å². The van der Waals surface area contributed by atoms with Gasteiger partial charge in [-0.1, -0.05) is 12.1 Å². The van der Waals surface area contributed by atoms with E-state index in [0.29, 0.717) is 18.5 Å². The minimum absolute atomic E-state index is 0.301. The number of rotatable bonds is 7. The number of aromatic nitrogens is 1. The molecule has 3 aromatic heterocycles. The van der Waals surface area contributed by atoms with E-state index in [1.165, 1.54) is 4.88 Å². The molecule has 154 valence electrons. The van der Waals surface area contributed by atoms with Crippen LogP contribution < -0.4 is 10.6 Å². The largest absolute Gasteiger partial charge is 0.443 e. The Morgan fingerprint density at radius 3 is 2.76 bits per heavy atom. The summed E-state index contributed by atoms with van der Waals surface area (Å²) in [7, 11) is 1.78. The minimum Gasteiger partial charge on any atom is -0.443 e. The van der Waals surface area contributed by atoms with Gasteiger partial charge in [0.1, 0.15) is 6.26 Å². The number of nitrogens with zero attached hydrogens (tertiary/aromatic N) is 3. The highest BCUT2D eigenvalue weighted by atomic mass is 32.1. The predicted molar refractivity (Wildman–Crippen MR) is 117 cm³/mol. The first-order valence-electron chi connectivity index (χ1n) is 9.61. The molecule has 4 rings (SSSR count). The van der Waals surface area contributed by atoms with Crippen molar-refractivity contribution in [1.82, 2.24) is 20.5 Å². The van der Waals surface area contributed by atoms with Gasteiger partial charge in [0.05, 0.1) is 36.4 Å². The van der Waals surface area contributed by atoms with Crippen molar-refractivity contribution < 1.29 is 9.15 Å². The van der Waals surface area contributed by atoms with Crippen LogP contribution >= 0.6 is 22.7 Å². The Kier molecular flexibility index (Phi) is 6.94. The monoisotopic (exact) mass is 431 g/mol. The van der Waals surface area contributed by atoms with E-state index in [1.54, 1.807) is 36.0 Å². The third kappa shape index (κ3) is 5.24. The summed E-state index contributed by atoms with van der Waals surface area (Å²) in [6.45, 7) is 4.79. The van der Waals surface area contributed by atoms with Gasteiger partial charge >= 0.3 is 0 Å². The lowest BCUT2D eigenvalue weighted by Gasteiger charge is -2.34. The van der Waals surface area contributed by atoms with Crippen molar-refractivity contribution in [3.05, 3.63) is 51.9 Å². The maximum atomic E-state index is 5.58. The number of thiophene rings is 2. The molecule has 0 saturated carbocycles. The average Bonchev–Trinajstić information content (AvgIpc) is 3.53. The molecule has 1 saturated heterocycles. The maximum Gasteiger partial charge on any atom is 0.236 e. The van der Waals surface area contributed by atoms with Crippen molar-refractivity contribution in [1.29, 1.82) is 0 Å². The molecular formula is C20H25N5O2S2. The van der Waals surface area contributed by atoms with Crippen molar-refractivity contribution in [2.24, 2.45) is 4.99 Å².